The van der Waals surface area contributed by atoms with Crippen LogP contribution in [0.4, 0.5) is 13.2 Å². The lowest BCUT2D eigenvalue weighted by Crippen LogP contribution is -2.35. The molecule has 196 valence electrons. The minimum absolute atomic E-state index is 0.142. The minimum atomic E-state index is -4.53. The van der Waals surface area contributed by atoms with E-state index in [1.165, 1.54) is 18.5 Å². The molecule has 5 rings (SSSR count). The first-order valence-electron chi connectivity index (χ1n) is 11.5. The van der Waals surface area contributed by atoms with Gasteiger partial charge in [-0.3, -0.25) is 0 Å². The number of halogens is 4. The van der Waals surface area contributed by atoms with Crippen LogP contribution in [0.1, 0.15) is 32.2 Å². The lowest BCUT2D eigenvalue weighted by Gasteiger charge is -2.30. The number of pyridine rings is 1. The zero-order valence-electron chi connectivity index (χ0n) is 20.2. The van der Waals surface area contributed by atoms with Gasteiger partial charge in [-0.05, 0) is 38.1 Å². The molecule has 0 N–H and O–H groups in total. The van der Waals surface area contributed by atoms with Gasteiger partial charge in [0.15, 0.2) is 12.0 Å². The Kier molecular flexibility index (Phi) is 6.73. The molecule has 4 heterocycles. The molecule has 3 atom stereocenters. The largest absolute Gasteiger partial charge is 0.491 e. The molecular weight excluding hydrogens is 513 g/mol. The van der Waals surface area contributed by atoms with Crippen molar-refractivity contribution in [3.63, 3.8) is 0 Å². The van der Waals surface area contributed by atoms with Crippen LogP contribution in [0.3, 0.4) is 0 Å². The van der Waals surface area contributed by atoms with Crippen molar-refractivity contribution in [2.24, 2.45) is 0 Å². The second-order valence-electron chi connectivity index (χ2n) is 9.13. The van der Waals surface area contributed by atoms with Gasteiger partial charge in [0, 0.05) is 31.2 Å². The summed E-state index contributed by atoms with van der Waals surface area (Å²) in [5.41, 5.74) is -0.171. The van der Waals surface area contributed by atoms with Crippen LogP contribution >= 0.6 is 11.6 Å². The Labute approximate surface area is 215 Å². The summed E-state index contributed by atoms with van der Waals surface area (Å²) in [7, 11) is 1.56. The maximum atomic E-state index is 13.1. The Morgan fingerprint density at radius 3 is 2.68 bits per heavy atom. The van der Waals surface area contributed by atoms with Gasteiger partial charge in [0.2, 0.25) is 0 Å². The van der Waals surface area contributed by atoms with Crippen molar-refractivity contribution in [2.45, 2.75) is 50.7 Å². The SMILES string of the molecule is COC(C)(C)O[C@@H]1C[C@@H](COc2ccc3ccc(C(F)(F)F)nc3c2)O[C@H]1n1ccc2c(Cl)ncnc21. The normalized spacial score (nSPS) is 20.7. The molecule has 4 aromatic rings. The number of hydrogen-bond donors (Lipinski definition) is 0. The van der Waals surface area contributed by atoms with Crippen LogP contribution in [0.2, 0.25) is 5.15 Å². The first kappa shape index (κ1) is 25.7. The summed E-state index contributed by atoms with van der Waals surface area (Å²) < 4.78 is 65.0. The van der Waals surface area contributed by atoms with Crippen LogP contribution in [0.5, 0.6) is 5.75 Å². The molecule has 0 unspecified atom stereocenters. The number of nitrogens with zero attached hydrogens (tertiary/aromatic N) is 4. The lowest BCUT2D eigenvalue weighted by molar-refractivity contribution is -0.237. The molecule has 1 fully saturated rings. The van der Waals surface area contributed by atoms with Crippen LogP contribution in [-0.2, 0) is 20.4 Å². The molecule has 37 heavy (non-hydrogen) atoms. The van der Waals surface area contributed by atoms with E-state index < -0.39 is 30.0 Å². The highest BCUT2D eigenvalue weighted by Gasteiger charge is 2.41. The lowest BCUT2D eigenvalue weighted by atomic mass is 10.1. The molecule has 1 aromatic carbocycles. The fourth-order valence-electron chi connectivity index (χ4n) is 4.27. The van der Waals surface area contributed by atoms with Crippen molar-refractivity contribution in [3.05, 3.63) is 59.8 Å². The molecule has 3 aromatic heterocycles. The Hall–Kier alpha value is -2.99. The molecule has 1 aliphatic heterocycles. The van der Waals surface area contributed by atoms with Gasteiger partial charge in [-0.2, -0.15) is 13.2 Å². The van der Waals surface area contributed by atoms with Crippen molar-refractivity contribution in [2.75, 3.05) is 13.7 Å². The highest BCUT2D eigenvalue weighted by atomic mass is 35.5. The summed E-state index contributed by atoms with van der Waals surface area (Å²) in [5, 5.41) is 1.59. The number of hydrogen-bond acceptors (Lipinski definition) is 7. The Balaban J connectivity index is 1.36. The summed E-state index contributed by atoms with van der Waals surface area (Å²) in [5.74, 6) is -0.496. The van der Waals surface area contributed by atoms with Gasteiger partial charge in [-0.15, -0.1) is 0 Å². The average molecular weight is 537 g/mol. The predicted molar refractivity (Wildman–Crippen MR) is 129 cm³/mol. The van der Waals surface area contributed by atoms with Crippen molar-refractivity contribution >= 4 is 33.5 Å². The summed E-state index contributed by atoms with van der Waals surface area (Å²) in [6, 6.07) is 8.98. The second-order valence-corrected chi connectivity index (χ2v) is 9.49. The number of alkyl halides is 3. The van der Waals surface area contributed by atoms with Gasteiger partial charge in [0.05, 0.1) is 17.0 Å². The number of aromatic nitrogens is 4. The van der Waals surface area contributed by atoms with Crippen LogP contribution in [0, 0.1) is 0 Å². The van der Waals surface area contributed by atoms with Gasteiger partial charge < -0.3 is 23.5 Å². The zero-order valence-corrected chi connectivity index (χ0v) is 21.0. The van der Waals surface area contributed by atoms with Gasteiger partial charge in [0.25, 0.3) is 0 Å². The van der Waals surface area contributed by atoms with E-state index in [2.05, 4.69) is 15.0 Å². The standard InChI is InChI=1S/C25H24ClF3N4O4/c1-24(2,34-3)37-19-11-16(36-23(19)33-9-8-17-21(26)30-13-31-22(17)33)12-35-15-6-4-14-5-7-20(25(27,28)29)32-18(14)10-15/h4-10,13,16,19,23H,11-12H2,1-3H3/t16-,19+,23+/m0/s1. The topological polar surface area (TPSA) is 80.5 Å². The third-order valence-corrected chi connectivity index (χ3v) is 6.50. The molecule has 8 nitrogen and oxygen atoms in total. The molecule has 1 saturated heterocycles. The molecule has 0 spiro atoms. The quantitative estimate of drug-likeness (QED) is 0.218. The predicted octanol–water partition coefficient (Wildman–Crippen LogP) is 5.79. The van der Waals surface area contributed by atoms with Crippen molar-refractivity contribution < 1.29 is 32.1 Å². The van der Waals surface area contributed by atoms with Crippen LogP contribution in [0.25, 0.3) is 21.9 Å². The average Bonchev–Trinajstić information content (AvgIpc) is 3.46. The third-order valence-electron chi connectivity index (χ3n) is 6.20. The molecule has 1 aliphatic rings. The maximum absolute atomic E-state index is 13.1. The summed E-state index contributed by atoms with van der Waals surface area (Å²) in [4.78, 5) is 12.1. The van der Waals surface area contributed by atoms with Crippen LogP contribution < -0.4 is 4.74 Å². The van der Waals surface area contributed by atoms with E-state index in [1.807, 2.05) is 10.8 Å². The van der Waals surface area contributed by atoms with Gasteiger partial charge >= 0.3 is 6.18 Å². The number of rotatable bonds is 7. The van der Waals surface area contributed by atoms with Crippen molar-refractivity contribution in [1.82, 2.24) is 19.5 Å². The van der Waals surface area contributed by atoms with Crippen LogP contribution in [-0.4, -0.2) is 51.2 Å². The fourth-order valence-corrected chi connectivity index (χ4v) is 4.46. The highest BCUT2D eigenvalue weighted by Crippen LogP contribution is 2.37. The van der Waals surface area contributed by atoms with Crippen molar-refractivity contribution in [3.8, 4) is 5.75 Å². The van der Waals surface area contributed by atoms with E-state index >= 15 is 0 Å². The first-order valence-corrected chi connectivity index (χ1v) is 11.9. The maximum Gasteiger partial charge on any atom is 0.433 e. The van der Waals surface area contributed by atoms with E-state index in [0.717, 1.165) is 6.07 Å². The smallest absolute Gasteiger partial charge is 0.433 e. The van der Waals surface area contributed by atoms with Gasteiger partial charge in [0.1, 0.15) is 41.3 Å². The molecule has 0 radical (unpaired) electrons. The molecule has 0 saturated carbocycles. The minimum Gasteiger partial charge on any atom is -0.491 e. The Bertz CT molecular complexity index is 1430. The number of methoxy groups -OCH3 is 1. The molecule has 0 aliphatic carbocycles. The second kappa shape index (κ2) is 9.71. The van der Waals surface area contributed by atoms with Crippen molar-refractivity contribution in [1.29, 1.82) is 0 Å². The zero-order chi connectivity index (χ0) is 26.4. The van der Waals surface area contributed by atoms with Gasteiger partial charge in [-0.25, -0.2) is 15.0 Å². The fraction of sp³-hybridized carbons (Fsp3) is 0.400. The van der Waals surface area contributed by atoms with E-state index in [9.17, 15) is 13.2 Å². The summed E-state index contributed by atoms with van der Waals surface area (Å²) >= 11 is 6.22. The highest BCUT2D eigenvalue weighted by molar-refractivity contribution is 6.33. The number of fused-ring (bicyclic) bond motifs is 2. The number of benzene rings is 1. The van der Waals surface area contributed by atoms with E-state index in [0.29, 0.717) is 33.7 Å². The molecule has 0 amide bonds. The summed E-state index contributed by atoms with van der Waals surface area (Å²) in [6.45, 7) is 3.75. The van der Waals surface area contributed by atoms with E-state index in [-0.39, 0.29) is 18.2 Å². The molecule has 12 heteroatoms. The van der Waals surface area contributed by atoms with Gasteiger partial charge in [-0.1, -0.05) is 17.7 Å². The number of ether oxygens (including phenoxy) is 4. The molecular formula is C25H24ClF3N4O4. The van der Waals surface area contributed by atoms with E-state index in [1.54, 1.807) is 39.2 Å². The first-order chi connectivity index (χ1) is 17.5. The van der Waals surface area contributed by atoms with E-state index in [4.69, 9.17) is 30.5 Å². The Morgan fingerprint density at radius 2 is 1.92 bits per heavy atom. The third kappa shape index (κ3) is 5.35. The summed E-state index contributed by atoms with van der Waals surface area (Å²) in [6.07, 6.45) is -2.23. The monoisotopic (exact) mass is 536 g/mol. The van der Waals surface area contributed by atoms with Crippen LogP contribution in [0.15, 0.2) is 48.9 Å². The Morgan fingerprint density at radius 1 is 1.14 bits per heavy atom. The molecule has 0 bridgehead atoms.